The predicted octanol–water partition coefficient (Wildman–Crippen LogP) is 4.25. The molecule has 9 heteroatoms. The van der Waals surface area contributed by atoms with Crippen LogP contribution in [0.25, 0.3) is 0 Å². The summed E-state index contributed by atoms with van der Waals surface area (Å²) < 4.78 is 10.7. The molecule has 2 amide bonds. The zero-order valence-electron chi connectivity index (χ0n) is 21.5. The summed E-state index contributed by atoms with van der Waals surface area (Å²) in [7, 11) is 1.23. The molecule has 198 valence electrons. The molecule has 0 heterocycles. The van der Waals surface area contributed by atoms with Crippen molar-refractivity contribution in [2.24, 2.45) is 0 Å². The molecule has 0 aromatic heterocycles. The maximum Gasteiger partial charge on any atom is 0.328 e. The topological polar surface area (TPSA) is 111 Å². The number of allylic oxidation sites excluding steroid dienone is 1. The number of rotatable bonds is 13. The van der Waals surface area contributed by atoms with Gasteiger partial charge in [-0.15, -0.1) is 0 Å². The van der Waals surface area contributed by atoms with Gasteiger partial charge in [0.2, 0.25) is 5.91 Å². The molecule has 0 aliphatic heterocycles. The van der Waals surface area contributed by atoms with E-state index in [-0.39, 0.29) is 31.1 Å². The molecule has 2 aromatic rings. The maximum atomic E-state index is 13.0. The number of hydrogen-bond acceptors (Lipinski definition) is 6. The second kappa shape index (κ2) is 14.2. The highest BCUT2D eigenvalue weighted by Crippen LogP contribution is 2.21. The fraction of sp³-hybridized carbons (Fsp3) is 0.357. The highest BCUT2D eigenvalue weighted by Gasteiger charge is 2.33. The third-order valence-corrected chi connectivity index (χ3v) is 5.65. The minimum absolute atomic E-state index is 0.152. The summed E-state index contributed by atoms with van der Waals surface area (Å²) in [5.41, 5.74) is -0.391. The van der Waals surface area contributed by atoms with Crippen LogP contribution in [-0.4, -0.2) is 48.9 Å². The van der Waals surface area contributed by atoms with E-state index in [1.165, 1.54) is 7.11 Å². The number of esters is 1. The van der Waals surface area contributed by atoms with Crippen LogP contribution in [0.3, 0.4) is 0 Å². The number of carbonyl (C=O) groups is 4. The number of ketones is 1. The van der Waals surface area contributed by atoms with Gasteiger partial charge in [-0.25, -0.2) is 4.79 Å². The van der Waals surface area contributed by atoms with Gasteiger partial charge in [-0.2, -0.15) is 0 Å². The SMILES string of the molecule is CC/C=C\CC(=O)NCCC(NC(=O)C(C)(C)Oc1ccc(C(=O)c2ccc(Cl)cc2)cc1)C(=O)OC. The van der Waals surface area contributed by atoms with Crippen LogP contribution in [0.1, 0.15) is 56.0 Å². The van der Waals surface area contributed by atoms with Gasteiger partial charge in [-0.05, 0) is 75.2 Å². The number of amides is 2. The van der Waals surface area contributed by atoms with Crippen LogP contribution in [-0.2, 0) is 19.1 Å². The Morgan fingerprint density at radius 3 is 2.14 bits per heavy atom. The van der Waals surface area contributed by atoms with Gasteiger partial charge in [0.05, 0.1) is 7.11 Å². The highest BCUT2D eigenvalue weighted by molar-refractivity contribution is 6.30. The van der Waals surface area contributed by atoms with Gasteiger partial charge in [0.1, 0.15) is 11.8 Å². The molecule has 0 aliphatic carbocycles. The van der Waals surface area contributed by atoms with Gasteiger partial charge in [0, 0.05) is 29.1 Å². The van der Waals surface area contributed by atoms with E-state index in [0.717, 1.165) is 6.42 Å². The average molecular weight is 529 g/mol. The van der Waals surface area contributed by atoms with E-state index in [0.29, 0.717) is 21.9 Å². The number of methoxy groups -OCH3 is 1. The number of carbonyl (C=O) groups excluding carboxylic acids is 4. The molecule has 2 N–H and O–H groups in total. The molecule has 2 aromatic carbocycles. The smallest absolute Gasteiger partial charge is 0.328 e. The standard InChI is InChI=1S/C28H33ClN2O6/c1-5-6-7-8-24(32)30-18-17-23(26(34)36-4)31-27(35)28(2,3)37-22-15-11-20(12-16-22)25(33)19-9-13-21(29)14-10-19/h6-7,9-16,23H,5,8,17-18H2,1-4H3,(H,30,32)(H,31,35)/b7-6-. The Balaban J connectivity index is 1.98. The van der Waals surface area contributed by atoms with E-state index in [9.17, 15) is 19.2 Å². The summed E-state index contributed by atoms with van der Waals surface area (Å²) in [5.74, 6) is -1.15. The lowest BCUT2D eigenvalue weighted by molar-refractivity contribution is -0.147. The minimum Gasteiger partial charge on any atom is -0.478 e. The van der Waals surface area contributed by atoms with Crippen molar-refractivity contribution in [3.05, 3.63) is 76.8 Å². The zero-order chi connectivity index (χ0) is 27.4. The third-order valence-electron chi connectivity index (χ3n) is 5.39. The first-order valence-corrected chi connectivity index (χ1v) is 12.3. The molecule has 1 atom stereocenters. The van der Waals surface area contributed by atoms with Gasteiger partial charge in [-0.1, -0.05) is 30.7 Å². The lowest BCUT2D eigenvalue weighted by atomic mass is 10.0. The van der Waals surface area contributed by atoms with E-state index in [4.69, 9.17) is 21.1 Å². The van der Waals surface area contributed by atoms with Crippen molar-refractivity contribution in [1.29, 1.82) is 0 Å². The summed E-state index contributed by atoms with van der Waals surface area (Å²) in [5, 5.41) is 5.90. The summed E-state index contributed by atoms with van der Waals surface area (Å²) in [6.07, 6.45) is 4.90. The van der Waals surface area contributed by atoms with E-state index >= 15 is 0 Å². The fourth-order valence-electron chi connectivity index (χ4n) is 3.29. The first-order valence-electron chi connectivity index (χ1n) is 12.0. The minimum atomic E-state index is -1.35. The van der Waals surface area contributed by atoms with Crippen molar-refractivity contribution in [2.45, 2.75) is 51.7 Å². The number of benzene rings is 2. The molecule has 0 saturated carbocycles. The van der Waals surface area contributed by atoms with Crippen molar-refractivity contribution in [3.63, 3.8) is 0 Å². The van der Waals surface area contributed by atoms with E-state index in [1.54, 1.807) is 68.5 Å². The van der Waals surface area contributed by atoms with Gasteiger partial charge >= 0.3 is 5.97 Å². The van der Waals surface area contributed by atoms with Crippen LogP contribution < -0.4 is 15.4 Å². The van der Waals surface area contributed by atoms with E-state index < -0.39 is 23.5 Å². The first kappa shape index (κ1) is 29.6. The Morgan fingerprint density at radius 1 is 0.973 bits per heavy atom. The second-order valence-corrected chi connectivity index (χ2v) is 9.18. The second-order valence-electron chi connectivity index (χ2n) is 8.74. The largest absolute Gasteiger partial charge is 0.478 e. The quantitative estimate of drug-likeness (QED) is 0.228. The lowest BCUT2D eigenvalue weighted by Gasteiger charge is -2.27. The Morgan fingerprint density at radius 2 is 1.57 bits per heavy atom. The number of ether oxygens (including phenoxy) is 2. The number of nitrogens with one attached hydrogen (secondary N) is 2. The molecule has 0 radical (unpaired) electrons. The lowest BCUT2D eigenvalue weighted by Crippen LogP contribution is -2.53. The van der Waals surface area contributed by atoms with Crippen molar-refractivity contribution in [2.75, 3.05) is 13.7 Å². The molecule has 37 heavy (non-hydrogen) atoms. The zero-order valence-corrected chi connectivity index (χ0v) is 22.3. The Labute approximate surface area is 222 Å². The van der Waals surface area contributed by atoms with Crippen LogP contribution in [0, 0.1) is 0 Å². The molecular formula is C28H33ClN2O6. The Bertz CT molecular complexity index is 1110. The molecule has 1 unspecified atom stereocenters. The van der Waals surface area contributed by atoms with Gasteiger partial charge < -0.3 is 20.1 Å². The highest BCUT2D eigenvalue weighted by atomic mass is 35.5. The molecule has 2 rings (SSSR count). The normalized spacial score (nSPS) is 12.0. The van der Waals surface area contributed by atoms with Crippen LogP contribution in [0.4, 0.5) is 0 Å². The Hall–Kier alpha value is -3.65. The summed E-state index contributed by atoms with van der Waals surface area (Å²) >= 11 is 5.88. The number of hydrogen-bond donors (Lipinski definition) is 2. The third kappa shape index (κ3) is 9.38. The first-order chi connectivity index (χ1) is 17.6. The molecule has 0 aliphatic rings. The van der Waals surface area contributed by atoms with Crippen LogP contribution in [0.15, 0.2) is 60.7 Å². The summed E-state index contributed by atoms with van der Waals surface area (Å²) in [6.45, 7) is 5.28. The van der Waals surface area contributed by atoms with Crippen molar-refractivity contribution >= 4 is 35.2 Å². The van der Waals surface area contributed by atoms with Crippen molar-refractivity contribution in [3.8, 4) is 5.75 Å². The summed E-state index contributed by atoms with van der Waals surface area (Å²) in [4.78, 5) is 49.7. The van der Waals surface area contributed by atoms with Crippen LogP contribution >= 0.6 is 11.6 Å². The maximum absolute atomic E-state index is 13.0. The van der Waals surface area contributed by atoms with E-state index in [2.05, 4.69) is 10.6 Å². The van der Waals surface area contributed by atoms with Crippen LogP contribution in [0.5, 0.6) is 5.75 Å². The van der Waals surface area contributed by atoms with Crippen LogP contribution in [0.2, 0.25) is 5.02 Å². The Kier molecular flexibility index (Phi) is 11.3. The average Bonchev–Trinajstić information content (AvgIpc) is 2.88. The monoisotopic (exact) mass is 528 g/mol. The van der Waals surface area contributed by atoms with Gasteiger partial charge in [0.25, 0.3) is 5.91 Å². The molecule has 0 bridgehead atoms. The molecule has 0 fully saturated rings. The van der Waals surface area contributed by atoms with Gasteiger partial charge in [0.15, 0.2) is 11.4 Å². The summed E-state index contributed by atoms with van der Waals surface area (Å²) in [6, 6.07) is 12.0. The number of halogens is 1. The fourth-order valence-corrected chi connectivity index (χ4v) is 3.42. The predicted molar refractivity (Wildman–Crippen MR) is 142 cm³/mol. The molecule has 0 spiro atoms. The van der Waals surface area contributed by atoms with E-state index in [1.807, 2.05) is 13.0 Å². The van der Waals surface area contributed by atoms with Crippen molar-refractivity contribution < 1.29 is 28.7 Å². The molecule has 8 nitrogen and oxygen atoms in total. The molecular weight excluding hydrogens is 496 g/mol. The molecule has 0 saturated heterocycles. The van der Waals surface area contributed by atoms with Crippen molar-refractivity contribution in [1.82, 2.24) is 10.6 Å². The van der Waals surface area contributed by atoms with Gasteiger partial charge in [-0.3, -0.25) is 14.4 Å².